The van der Waals surface area contributed by atoms with Gasteiger partial charge in [-0.1, -0.05) is 32.8 Å². The van der Waals surface area contributed by atoms with Crippen LogP contribution in [0.15, 0.2) is 23.9 Å². The molecule has 0 bridgehead atoms. The maximum atomic E-state index is 3.05. The quantitative estimate of drug-likeness (QED) is 0.608. The molecule has 0 aromatic heterocycles. The van der Waals surface area contributed by atoms with E-state index < -0.39 is 0 Å². The summed E-state index contributed by atoms with van der Waals surface area (Å²) < 4.78 is 0. The molecular formula is C13H25N. The summed E-state index contributed by atoms with van der Waals surface area (Å²) in [6.45, 7) is 6.66. The Morgan fingerprint density at radius 1 is 1.21 bits per heavy atom. The number of allylic oxidation sites excluding steroid dienone is 3. The summed E-state index contributed by atoms with van der Waals surface area (Å²) in [6, 6.07) is 0. The van der Waals surface area contributed by atoms with Crippen molar-refractivity contribution in [1.82, 2.24) is 5.32 Å². The second-order valence-electron chi connectivity index (χ2n) is 3.68. The molecular weight excluding hydrogens is 170 g/mol. The van der Waals surface area contributed by atoms with Crippen molar-refractivity contribution in [2.75, 3.05) is 7.05 Å². The van der Waals surface area contributed by atoms with Gasteiger partial charge in [0.15, 0.2) is 0 Å². The molecule has 0 rings (SSSR count). The number of rotatable bonds is 7. The Bertz CT molecular complexity index is 174. The Hall–Kier alpha value is -0.720. The van der Waals surface area contributed by atoms with Crippen molar-refractivity contribution < 1.29 is 0 Å². The van der Waals surface area contributed by atoms with Crippen molar-refractivity contribution in [3.63, 3.8) is 0 Å². The standard InChI is InChI=1S/C13H25N/c1-5-8-13(9-6-2)12(7-3)10-11-14-4/h7,10-11,13-14H,5-6,8-9H2,1-4H3/b11-10-,12-7+. The molecule has 0 atom stereocenters. The van der Waals surface area contributed by atoms with Crippen LogP contribution >= 0.6 is 0 Å². The van der Waals surface area contributed by atoms with E-state index in [1.807, 2.05) is 13.2 Å². The van der Waals surface area contributed by atoms with Crippen molar-refractivity contribution in [3.05, 3.63) is 23.9 Å². The molecule has 0 amide bonds. The van der Waals surface area contributed by atoms with Crippen LogP contribution in [0, 0.1) is 5.92 Å². The summed E-state index contributed by atoms with van der Waals surface area (Å²) in [6.07, 6.45) is 11.6. The molecule has 0 aliphatic carbocycles. The Kier molecular flexibility index (Phi) is 8.40. The zero-order valence-electron chi connectivity index (χ0n) is 10.1. The van der Waals surface area contributed by atoms with Gasteiger partial charge in [0.2, 0.25) is 0 Å². The fourth-order valence-electron chi connectivity index (χ4n) is 1.82. The first-order chi connectivity index (χ1) is 6.79. The molecule has 0 saturated carbocycles. The van der Waals surface area contributed by atoms with Gasteiger partial charge < -0.3 is 5.32 Å². The maximum absolute atomic E-state index is 3.05. The third-order valence-electron chi connectivity index (χ3n) is 2.52. The average Bonchev–Trinajstić information content (AvgIpc) is 2.19. The topological polar surface area (TPSA) is 12.0 Å². The van der Waals surface area contributed by atoms with Crippen LogP contribution in [-0.2, 0) is 0 Å². The fraction of sp³-hybridized carbons (Fsp3) is 0.692. The molecule has 1 nitrogen and oxygen atoms in total. The van der Waals surface area contributed by atoms with Crippen LogP contribution in [0.4, 0.5) is 0 Å². The fourth-order valence-corrected chi connectivity index (χ4v) is 1.82. The van der Waals surface area contributed by atoms with Crippen molar-refractivity contribution in [3.8, 4) is 0 Å². The van der Waals surface area contributed by atoms with Gasteiger partial charge in [-0.25, -0.2) is 0 Å². The molecule has 1 heteroatoms. The van der Waals surface area contributed by atoms with Crippen molar-refractivity contribution in [2.45, 2.75) is 46.5 Å². The molecule has 0 aromatic carbocycles. The van der Waals surface area contributed by atoms with E-state index in [-0.39, 0.29) is 0 Å². The lowest BCUT2D eigenvalue weighted by atomic mass is 9.90. The molecule has 82 valence electrons. The molecule has 0 unspecified atom stereocenters. The van der Waals surface area contributed by atoms with E-state index in [0.717, 1.165) is 5.92 Å². The smallest absolute Gasteiger partial charge is 0.00277 e. The lowest BCUT2D eigenvalue weighted by molar-refractivity contribution is 0.511. The highest BCUT2D eigenvalue weighted by Gasteiger charge is 2.08. The lowest BCUT2D eigenvalue weighted by Crippen LogP contribution is -2.03. The van der Waals surface area contributed by atoms with Gasteiger partial charge in [0.25, 0.3) is 0 Å². The molecule has 0 saturated heterocycles. The van der Waals surface area contributed by atoms with Crippen LogP contribution < -0.4 is 5.32 Å². The van der Waals surface area contributed by atoms with Crippen molar-refractivity contribution in [1.29, 1.82) is 0 Å². The van der Waals surface area contributed by atoms with E-state index in [9.17, 15) is 0 Å². The summed E-state index contributed by atoms with van der Waals surface area (Å²) >= 11 is 0. The zero-order valence-corrected chi connectivity index (χ0v) is 10.1. The second-order valence-corrected chi connectivity index (χ2v) is 3.68. The normalized spacial score (nSPS) is 12.8. The van der Waals surface area contributed by atoms with Crippen LogP contribution in [0.2, 0.25) is 0 Å². The van der Waals surface area contributed by atoms with E-state index in [0.29, 0.717) is 0 Å². The number of hydrogen-bond acceptors (Lipinski definition) is 1. The van der Waals surface area contributed by atoms with E-state index in [1.54, 1.807) is 0 Å². The highest BCUT2D eigenvalue weighted by atomic mass is 14.8. The highest BCUT2D eigenvalue weighted by molar-refractivity contribution is 5.20. The second kappa shape index (κ2) is 8.86. The zero-order chi connectivity index (χ0) is 10.8. The number of hydrogen-bond donors (Lipinski definition) is 1. The predicted molar refractivity (Wildman–Crippen MR) is 65.3 cm³/mol. The number of nitrogens with one attached hydrogen (secondary N) is 1. The van der Waals surface area contributed by atoms with Gasteiger partial charge in [-0.15, -0.1) is 0 Å². The third kappa shape index (κ3) is 5.11. The molecule has 0 aliphatic heterocycles. The Morgan fingerprint density at radius 2 is 1.79 bits per heavy atom. The van der Waals surface area contributed by atoms with Gasteiger partial charge in [0.05, 0.1) is 0 Å². The molecule has 14 heavy (non-hydrogen) atoms. The predicted octanol–water partition coefficient (Wildman–Crippen LogP) is 3.88. The van der Waals surface area contributed by atoms with E-state index in [2.05, 4.69) is 38.2 Å². The summed E-state index contributed by atoms with van der Waals surface area (Å²) in [7, 11) is 1.94. The highest BCUT2D eigenvalue weighted by Crippen LogP contribution is 2.23. The van der Waals surface area contributed by atoms with Crippen LogP contribution in [0.3, 0.4) is 0 Å². The average molecular weight is 195 g/mol. The molecule has 0 fully saturated rings. The molecule has 0 spiro atoms. The largest absolute Gasteiger partial charge is 0.394 e. The minimum Gasteiger partial charge on any atom is -0.394 e. The van der Waals surface area contributed by atoms with Gasteiger partial charge in [-0.05, 0) is 43.5 Å². The molecule has 0 aromatic rings. The molecule has 1 N–H and O–H groups in total. The molecule has 0 aliphatic rings. The van der Waals surface area contributed by atoms with E-state index in [4.69, 9.17) is 0 Å². The van der Waals surface area contributed by atoms with Gasteiger partial charge >= 0.3 is 0 Å². The van der Waals surface area contributed by atoms with Gasteiger partial charge in [-0.3, -0.25) is 0 Å². The van der Waals surface area contributed by atoms with Crippen LogP contribution in [0.1, 0.15) is 46.5 Å². The van der Waals surface area contributed by atoms with Crippen molar-refractivity contribution >= 4 is 0 Å². The van der Waals surface area contributed by atoms with Gasteiger partial charge in [0.1, 0.15) is 0 Å². The van der Waals surface area contributed by atoms with Crippen molar-refractivity contribution in [2.24, 2.45) is 5.92 Å². The van der Waals surface area contributed by atoms with Gasteiger partial charge in [-0.2, -0.15) is 0 Å². The minimum atomic E-state index is 0.750. The maximum Gasteiger partial charge on any atom is 0.00277 e. The summed E-state index contributed by atoms with van der Waals surface area (Å²) in [5, 5.41) is 3.05. The van der Waals surface area contributed by atoms with E-state index >= 15 is 0 Å². The third-order valence-corrected chi connectivity index (χ3v) is 2.52. The Labute approximate surface area is 89.3 Å². The Balaban J connectivity index is 4.34. The van der Waals surface area contributed by atoms with Crippen LogP contribution in [0.25, 0.3) is 0 Å². The minimum absolute atomic E-state index is 0.750. The first-order valence-electron chi connectivity index (χ1n) is 5.80. The molecule has 0 heterocycles. The Morgan fingerprint density at radius 3 is 2.14 bits per heavy atom. The SMILES string of the molecule is C/C=C(\C=C/NC)C(CCC)CCC. The molecule has 0 radical (unpaired) electrons. The van der Waals surface area contributed by atoms with Crippen LogP contribution in [0.5, 0.6) is 0 Å². The van der Waals surface area contributed by atoms with E-state index in [1.165, 1.54) is 31.3 Å². The first kappa shape index (κ1) is 13.3. The summed E-state index contributed by atoms with van der Waals surface area (Å²) in [5.74, 6) is 0.750. The summed E-state index contributed by atoms with van der Waals surface area (Å²) in [4.78, 5) is 0. The van der Waals surface area contributed by atoms with Gasteiger partial charge in [0, 0.05) is 7.05 Å². The lowest BCUT2D eigenvalue weighted by Gasteiger charge is -2.16. The first-order valence-corrected chi connectivity index (χ1v) is 5.80. The monoisotopic (exact) mass is 195 g/mol. The summed E-state index contributed by atoms with van der Waals surface area (Å²) in [5.41, 5.74) is 1.48. The van der Waals surface area contributed by atoms with Crippen LogP contribution in [-0.4, -0.2) is 7.05 Å².